The van der Waals surface area contributed by atoms with Crippen molar-refractivity contribution in [3.8, 4) is 12.1 Å². The summed E-state index contributed by atoms with van der Waals surface area (Å²) in [5.41, 5.74) is 4.22. The van der Waals surface area contributed by atoms with Crippen LogP contribution in [0.4, 0.5) is 10.1 Å². The van der Waals surface area contributed by atoms with Crippen LogP contribution in [0, 0.1) is 35.4 Å². The number of rotatable bonds is 4. The molecule has 0 spiro atoms. The van der Waals surface area contributed by atoms with E-state index in [9.17, 15) is 19.7 Å². The van der Waals surface area contributed by atoms with Gasteiger partial charge in [0, 0.05) is 32.2 Å². The maximum absolute atomic E-state index is 13.8. The van der Waals surface area contributed by atoms with Gasteiger partial charge in [0.1, 0.15) is 34.7 Å². The summed E-state index contributed by atoms with van der Waals surface area (Å²) < 4.78 is 15.2. The van der Waals surface area contributed by atoms with Crippen molar-refractivity contribution in [1.29, 1.82) is 10.5 Å². The molecule has 4 heterocycles. The minimum Gasteiger partial charge on any atom is -0.363 e. The van der Waals surface area contributed by atoms with Gasteiger partial charge in [0.25, 0.3) is 5.56 Å². The first-order valence-corrected chi connectivity index (χ1v) is 12.8. The fraction of sp³-hybridized carbons (Fsp3) is 0.300. The quantitative estimate of drug-likeness (QED) is 0.396. The number of nitriles is 2. The number of pyridine rings is 3. The number of fused-ring (bicyclic) bond motifs is 1. The highest BCUT2D eigenvalue weighted by Crippen LogP contribution is 2.36. The highest BCUT2D eigenvalue weighted by molar-refractivity contribution is 5.92. The zero-order chi connectivity index (χ0) is 27.8. The molecule has 0 N–H and O–H groups in total. The highest BCUT2D eigenvalue weighted by atomic mass is 19.1. The first kappa shape index (κ1) is 26.0. The molecule has 0 saturated carbocycles. The van der Waals surface area contributed by atoms with Gasteiger partial charge < -0.3 is 9.47 Å². The first-order valence-electron chi connectivity index (χ1n) is 12.8. The molecule has 0 bridgehead atoms. The molecule has 5 rings (SSSR count). The third-order valence-corrected chi connectivity index (χ3v) is 7.52. The Morgan fingerprint density at radius 3 is 2.38 bits per heavy atom. The molecule has 3 aromatic heterocycles. The minimum absolute atomic E-state index is 0.00961. The predicted molar refractivity (Wildman–Crippen MR) is 147 cm³/mol. The average molecular weight is 522 g/mol. The second-order valence-electron chi connectivity index (χ2n) is 10.1. The van der Waals surface area contributed by atoms with Crippen LogP contribution in [0.1, 0.15) is 48.0 Å². The van der Waals surface area contributed by atoms with Crippen LogP contribution in [-0.4, -0.2) is 44.6 Å². The smallest absolute Gasteiger partial charge is 0.270 e. The van der Waals surface area contributed by atoms with E-state index in [2.05, 4.69) is 63.1 Å². The molecule has 1 fully saturated rings. The molecule has 0 amide bonds. The molecule has 0 aliphatic carbocycles. The summed E-state index contributed by atoms with van der Waals surface area (Å²) in [6.45, 7) is 7.25. The molecule has 2 unspecified atom stereocenters. The van der Waals surface area contributed by atoms with Crippen molar-refractivity contribution in [2.45, 2.75) is 38.9 Å². The van der Waals surface area contributed by atoms with Gasteiger partial charge in [-0.25, -0.2) is 9.37 Å². The van der Waals surface area contributed by atoms with Gasteiger partial charge in [0.2, 0.25) is 0 Å². The van der Waals surface area contributed by atoms with Crippen LogP contribution in [0.5, 0.6) is 0 Å². The second kappa shape index (κ2) is 10.3. The summed E-state index contributed by atoms with van der Waals surface area (Å²) in [4.78, 5) is 26.5. The van der Waals surface area contributed by atoms with E-state index < -0.39 is 11.4 Å². The average Bonchev–Trinajstić information content (AvgIpc) is 2.94. The van der Waals surface area contributed by atoms with Crippen molar-refractivity contribution in [2.24, 2.45) is 7.05 Å². The predicted octanol–water partition coefficient (Wildman–Crippen LogP) is 4.21. The molecule has 3 atom stereocenters. The van der Waals surface area contributed by atoms with Gasteiger partial charge in [-0.3, -0.25) is 14.7 Å². The van der Waals surface area contributed by atoms with E-state index in [0.717, 1.165) is 16.8 Å². The van der Waals surface area contributed by atoms with Gasteiger partial charge in [-0.2, -0.15) is 10.5 Å². The molecule has 8 nitrogen and oxygen atoms in total. The molecular formula is C30H28FN7O. The lowest BCUT2D eigenvalue weighted by Crippen LogP contribution is -2.58. The third kappa shape index (κ3) is 4.62. The van der Waals surface area contributed by atoms with Crippen LogP contribution >= 0.6 is 0 Å². The molecule has 1 aliphatic rings. The number of aryl methyl sites for hydroxylation is 2. The summed E-state index contributed by atoms with van der Waals surface area (Å²) in [5, 5.41) is 19.5. The van der Waals surface area contributed by atoms with Gasteiger partial charge in [0.15, 0.2) is 0 Å². The van der Waals surface area contributed by atoms with Crippen molar-refractivity contribution < 1.29 is 4.39 Å². The SMILES string of the molecule is Cc1ccc(C(c2ccc(F)cn2)N2C[C@H](C)N(c3c(C#N)c(=O)n(C)c4ccc(C#N)nc34)CC2C)cc1. The van der Waals surface area contributed by atoms with Crippen LogP contribution in [0.15, 0.2) is 59.5 Å². The number of hydrogen-bond acceptors (Lipinski definition) is 7. The topological polar surface area (TPSA) is 102 Å². The van der Waals surface area contributed by atoms with E-state index in [4.69, 9.17) is 0 Å². The molecule has 1 aromatic carbocycles. The molecule has 4 aromatic rings. The normalized spacial score (nSPS) is 18.5. The van der Waals surface area contributed by atoms with Crippen LogP contribution in [0.3, 0.4) is 0 Å². The van der Waals surface area contributed by atoms with Crippen LogP contribution < -0.4 is 10.5 Å². The van der Waals surface area contributed by atoms with E-state index >= 15 is 0 Å². The maximum Gasteiger partial charge on any atom is 0.270 e. The fourth-order valence-corrected chi connectivity index (χ4v) is 5.49. The molecule has 9 heteroatoms. The Morgan fingerprint density at radius 1 is 1.00 bits per heavy atom. The lowest BCUT2D eigenvalue weighted by Gasteiger charge is -2.48. The van der Waals surface area contributed by atoms with Crippen molar-refractivity contribution in [3.63, 3.8) is 0 Å². The summed E-state index contributed by atoms with van der Waals surface area (Å²) in [7, 11) is 1.61. The van der Waals surface area contributed by atoms with Crippen LogP contribution in [0.25, 0.3) is 11.0 Å². The lowest BCUT2D eigenvalue weighted by molar-refractivity contribution is 0.128. The van der Waals surface area contributed by atoms with Crippen molar-refractivity contribution >= 4 is 16.7 Å². The fourth-order valence-electron chi connectivity index (χ4n) is 5.49. The minimum atomic E-state index is -0.401. The van der Waals surface area contributed by atoms with Crippen molar-refractivity contribution in [1.82, 2.24) is 19.4 Å². The van der Waals surface area contributed by atoms with Gasteiger partial charge in [-0.1, -0.05) is 29.8 Å². The number of piperazine rings is 1. The molecule has 0 radical (unpaired) electrons. The zero-order valence-electron chi connectivity index (χ0n) is 22.3. The summed E-state index contributed by atoms with van der Waals surface area (Å²) >= 11 is 0. The number of anilines is 1. The highest BCUT2D eigenvalue weighted by Gasteiger charge is 2.37. The largest absolute Gasteiger partial charge is 0.363 e. The molecule has 39 heavy (non-hydrogen) atoms. The summed E-state index contributed by atoms with van der Waals surface area (Å²) in [6, 6.07) is 18.5. The Bertz CT molecular complexity index is 1640. The van der Waals surface area contributed by atoms with E-state index in [1.807, 2.05) is 13.8 Å². The van der Waals surface area contributed by atoms with E-state index in [0.29, 0.717) is 29.8 Å². The van der Waals surface area contributed by atoms with E-state index in [-0.39, 0.29) is 29.4 Å². The first-order chi connectivity index (χ1) is 18.7. The number of aromatic nitrogens is 3. The Kier molecular flexibility index (Phi) is 6.86. The zero-order valence-corrected chi connectivity index (χ0v) is 22.3. The van der Waals surface area contributed by atoms with Gasteiger partial charge in [-0.05, 0) is 50.6 Å². The van der Waals surface area contributed by atoms with Gasteiger partial charge in [-0.15, -0.1) is 0 Å². The van der Waals surface area contributed by atoms with Gasteiger partial charge in [0.05, 0.1) is 29.1 Å². The van der Waals surface area contributed by atoms with Crippen LogP contribution in [-0.2, 0) is 7.05 Å². The Labute approximate surface area is 226 Å². The van der Waals surface area contributed by atoms with E-state index in [1.54, 1.807) is 25.2 Å². The standard InChI is InChI=1S/C30H28FN7O/c1-18-5-7-21(8-6-18)28(25-11-9-22(31)15-34-25)37-16-20(3)38(17-19(37)2)29-24(14-33)30(39)36(4)26-12-10-23(13-32)35-27(26)29/h5-12,15,19-20,28H,16-17H2,1-4H3/t19?,20-,28?/m0/s1. The summed E-state index contributed by atoms with van der Waals surface area (Å²) in [6.07, 6.45) is 1.24. The Balaban J connectivity index is 1.61. The monoisotopic (exact) mass is 521 g/mol. The summed E-state index contributed by atoms with van der Waals surface area (Å²) in [5.74, 6) is -0.390. The third-order valence-electron chi connectivity index (χ3n) is 7.52. The number of benzene rings is 1. The number of halogens is 1. The van der Waals surface area contributed by atoms with E-state index in [1.165, 1.54) is 16.8 Å². The number of hydrogen-bond donors (Lipinski definition) is 0. The molecular weight excluding hydrogens is 493 g/mol. The molecule has 196 valence electrons. The van der Waals surface area contributed by atoms with Crippen molar-refractivity contribution in [3.05, 3.63) is 99.0 Å². The number of nitrogens with zero attached hydrogens (tertiary/aromatic N) is 7. The van der Waals surface area contributed by atoms with Crippen molar-refractivity contribution in [2.75, 3.05) is 18.0 Å². The lowest BCUT2D eigenvalue weighted by atomic mass is 9.95. The van der Waals surface area contributed by atoms with Crippen LogP contribution in [0.2, 0.25) is 0 Å². The molecule has 1 saturated heterocycles. The van der Waals surface area contributed by atoms with Gasteiger partial charge >= 0.3 is 0 Å². The second-order valence-corrected chi connectivity index (χ2v) is 10.1. The molecule has 1 aliphatic heterocycles. The maximum atomic E-state index is 13.8. The Morgan fingerprint density at radius 2 is 1.74 bits per heavy atom. The Hall–Kier alpha value is -4.60.